The molecule has 0 radical (unpaired) electrons. The summed E-state index contributed by atoms with van der Waals surface area (Å²) in [5.41, 5.74) is 0. The van der Waals surface area contributed by atoms with Crippen LogP contribution in [-0.2, 0) is 0 Å². The summed E-state index contributed by atoms with van der Waals surface area (Å²) in [7, 11) is 0. The van der Waals surface area contributed by atoms with Gasteiger partial charge < -0.3 is 10.6 Å². The van der Waals surface area contributed by atoms with Gasteiger partial charge >= 0.3 is 0 Å². The van der Waals surface area contributed by atoms with Crippen molar-refractivity contribution in [2.24, 2.45) is 4.99 Å². The Balaban J connectivity index is 2.28. The molecule has 0 atom stereocenters. The van der Waals surface area contributed by atoms with Crippen LogP contribution in [0.2, 0.25) is 0 Å². The lowest BCUT2D eigenvalue weighted by Crippen LogP contribution is -2.36. The summed E-state index contributed by atoms with van der Waals surface area (Å²) in [5, 5.41) is 6.34. The van der Waals surface area contributed by atoms with Gasteiger partial charge in [-0.25, -0.2) is 0 Å². The fraction of sp³-hybridized carbons (Fsp3) is 0.625. The lowest BCUT2D eigenvalue weighted by molar-refractivity contribution is 0.745. The van der Waals surface area contributed by atoms with E-state index >= 15 is 0 Å². The molecule has 3 nitrogen and oxygen atoms in total. The molecule has 0 spiro atoms. The van der Waals surface area contributed by atoms with Crippen LogP contribution in [0, 0.1) is 0 Å². The van der Waals surface area contributed by atoms with E-state index in [0.717, 1.165) is 25.6 Å². The van der Waals surface area contributed by atoms with Gasteiger partial charge in [-0.2, -0.15) is 0 Å². The number of nitrogens with one attached hydrogen (secondary N) is 2. The van der Waals surface area contributed by atoms with Crippen LogP contribution >= 0.6 is 0 Å². The van der Waals surface area contributed by atoms with Gasteiger partial charge in [0.15, 0.2) is 5.96 Å². The van der Waals surface area contributed by atoms with E-state index in [2.05, 4.69) is 22.2 Å². The van der Waals surface area contributed by atoms with Crippen LogP contribution in [0.15, 0.2) is 17.6 Å². The minimum Gasteiger partial charge on any atom is -0.356 e. The highest BCUT2D eigenvalue weighted by molar-refractivity contribution is 5.80. The second kappa shape index (κ2) is 4.77. The minimum atomic E-state index is 0.784. The highest BCUT2D eigenvalue weighted by atomic mass is 15.2. The molecule has 62 valence electrons. The van der Waals surface area contributed by atoms with Gasteiger partial charge in [-0.1, -0.05) is 6.08 Å². The summed E-state index contributed by atoms with van der Waals surface area (Å²) in [4.78, 5) is 4.31. The molecular formula is C8H15N3. The molecule has 11 heavy (non-hydrogen) atoms. The summed E-state index contributed by atoms with van der Waals surface area (Å²) in [6.45, 7) is 6.37. The monoisotopic (exact) mass is 153 g/mol. The molecule has 1 rings (SSSR count). The Bertz CT molecular complexity index is 151. The van der Waals surface area contributed by atoms with Crippen molar-refractivity contribution in [3.63, 3.8) is 0 Å². The molecule has 0 amide bonds. The van der Waals surface area contributed by atoms with Crippen molar-refractivity contribution < 1.29 is 0 Å². The quantitative estimate of drug-likeness (QED) is 0.567. The Kier molecular flexibility index (Phi) is 3.52. The van der Waals surface area contributed by atoms with Gasteiger partial charge in [-0.05, 0) is 12.8 Å². The molecule has 0 aromatic rings. The molecule has 0 aromatic heterocycles. The van der Waals surface area contributed by atoms with E-state index in [1.54, 1.807) is 0 Å². The molecule has 1 aliphatic rings. The smallest absolute Gasteiger partial charge is 0.191 e. The zero-order chi connectivity index (χ0) is 7.94. The minimum absolute atomic E-state index is 0.784. The second-order valence-corrected chi connectivity index (χ2v) is 2.53. The summed E-state index contributed by atoms with van der Waals surface area (Å²) < 4.78 is 0. The highest BCUT2D eigenvalue weighted by Crippen LogP contribution is 1.91. The Hall–Kier alpha value is -0.990. The van der Waals surface area contributed by atoms with E-state index in [1.807, 2.05) is 6.08 Å². The topological polar surface area (TPSA) is 36.4 Å². The Morgan fingerprint density at radius 3 is 3.36 bits per heavy atom. The van der Waals surface area contributed by atoms with Gasteiger partial charge in [0.05, 0.1) is 0 Å². The molecule has 0 aromatic carbocycles. The molecule has 0 saturated carbocycles. The lowest BCUT2D eigenvalue weighted by Gasteiger charge is -2.06. The van der Waals surface area contributed by atoms with E-state index in [9.17, 15) is 0 Å². The fourth-order valence-corrected chi connectivity index (χ4v) is 0.978. The van der Waals surface area contributed by atoms with Crippen LogP contribution in [0.25, 0.3) is 0 Å². The van der Waals surface area contributed by atoms with E-state index in [-0.39, 0.29) is 0 Å². The molecule has 0 unspecified atom stereocenters. The van der Waals surface area contributed by atoms with Crippen molar-refractivity contribution in [1.82, 2.24) is 10.6 Å². The highest BCUT2D eigenvalue weighted by Gasteiger charge is 1.99. The van der Waals surface area contributed by atoms with Crippen LogP contribution in [0.4, 0.5) is 0 Å². The molecule has 1 heterocycles. The Morgan fingerprint density at radius 1 is 1.64 bits per heavy atom. The van der Waals surface area contributed by atoms with Crippen molar-refractivity contribution in [3.8, 4) is 0 Å². The maximum Gasteiger partial charge on any atom is 0.191 e. The van der Waals surface area contributed by atoms with E-state index in [0.29, 0.717) is 0 Å². The van der Waals surface area contributed by atoms with Gasteiger partial charge in [0.2, 0.25) is 0 Å². The van der Waals surface area contributed by atoms with Crippen molar-refractivity contribution >= 4 is 5.96 Å². The van der Waals surface area contributed by atoms with Crippen LogP contribution in [0.5, 0.6) is 0 Å². The summed E-state index contributed by atoms with van der Waals surface area (Å²) in [6, 6.07) is 0. The van der Waals surface area contributed by atoms with E-state index in [1.165, 1.54) is 12.8 Å². The average Bonchev–Trinajstić information content (AvgIpc) is 2.28. The Morgan fingerprint density at radius 2 is 2.55 bits per heavy atom. The first-order valence-electron chi connectivity index (χ1n) is 4.06. The predicted molar refractivity (Wildman–Crippen MR) is 47.7 cm³/mol. The second-order valence-electron chi connectivity index (χ2n) is 2.53. The zero-order valence-electron chi connectivity index (χ0n) is 6.77. The largest absolute Gasteiger partial charge is 0.356 e. The normalized spacial score (nSPS) is 17.6. The molecular weight excluding hydrogens is 138 g/mol. The first-order chi connectivity index (χ1) is 5.43. The van der Waals surface area contributed by atoms with Crippen molar-refractivity contribution in [2.75, 3.05) is 19.6 Å². The van der Waals surface area contributed by atoms with Gasteiger partial charge in [-0.15, -0.1) is 6.58 Å². The van der Waals surface area contributed by atoms with Crippen LogP contribution in [0.1, 0.15) is 12.8 Å². The van der Waals surface area contributed by atoms with Gasteiger partial charge in [-0.3, -0.25) is 4.99 Å². The molecule has 2 N–H and O–H groups in total. The third-order valence-corrected chi connectivity index (χ3v) is 1.56. The summed E-state index contributed by atoms with van der Waals surface area (Å²) in [5.74, 6) is 0.919. The summed E-state index contributed by atoms with van der Waals surface area (Å²) >= 11 is 0. The fourth-order valence-electron chi connectivity index (χ4n) is 0.978. The zero-order valence-corrected chi connectivity index (χ0v) is 6.77. The number of hydrogen-bond acceptors (Lipinski definition) is 3. The maximum atomic E-state index is 4.31. The standard InChI is InChI=1S/C8H15N3/c1-2-5-9-8-10-6-3-4-7-11-8/h2H,1,3-7H2,(H2,9,10,11). The van der Waals surface area contributed by atoms with Gasteiger partial charge in [0.1, 0.15) is 0 Å². The van der Waals surface area contributed by atoms with E-state index in [4.69, 9.17) is 0 Å². The van der Waals surface area contributed by atoms with Crippen LogP contribution in [0.3, 0.4) is 0 Å². The maximum absolute atomic E-state index is 4.31. The number of rotatable bonds is 2. The van der Waals surface area contributed by atoms with E-state index < -0.39 is 0 Å². The van der Waals surface area contributed by atoms with Crippen LogP contribution < -0.4 is 10.6 Å². The lowest BCUT2D eigenvalue weighted by atomic mass is 10.3. The van der Waals surface area contributed by atoms with Crippen molar-refractivity contribution in [2.45, 2.75) is 12.8 Å². The molecule has 0 saturated heterocycles. The molecule has 0 aliphatic carbocycles. The molecule has 3 heteroatoms. The average molecular weight is 153 g/mol. The number of nitrogens with zero attached hydrogens (tertiary/aromatic N) is 1. The van der Waals surface area contributed by atoms with Crippen LogP contribution in [-0.4, -0.2) is 25.6 Å². The van der Waals surface area contributed by atoms with Crippen molar-refractivity contribution in [3.05, 3.63) is 12.7 Å². The predicted octanol–water partition coefficient (Wildman–Crippen LogP) is 0.501. The van der Waals surface area contributed by atoms with Crippen molar-refractivity contribution in [1.29, 1.82) is 0 Å². The Labute approximate surface area is 67.6 Å². The third-order valence-electron chi connectivity index (χ3n) is 1.56. The number of hydrogen-bond donors (Lipinski definition) is 2. The summed E-state index contributed by atoms with van der Waals surface area (Å²) in [6.07, 6.45) is 4.23. The SMILES string of the molecule is C=CCNC1=NCCCCN1. The molecule has 1 aliphatic heterocycles. The molecule has 0 fully saturated rings. The third kappa shape index (κ3) is 3.07. The first kappa shape index (κ1) is 8.11. The van der Waals surface area contributed by atoms with Gasteiger partial charge in [0.25, 0.3) is 0 Å². The number of aliphatic imine (C=N–C) groups is 1. The number of guanidine groups is 1. The molecule has 0 bridgehead atoms. The first-order valence-corrected chi connectivity index (χ1v) is 4.06. The van der Waals surface area contributed by atoms with Gasteiger partial charge in [0, 0.05) is 19.6 Å².